The summed E-state index contributed by atoms with van der Waals surface area (Å²) < 4.78 is 40.9. The molecular weight excluding hydrogens is 325 g/mol. The molecule has 1 atom stereocenters. The number of rotatable bonds is 5. The number of alkyl halides is 3. The second-order valence-electron chi connectivity index (χ2n) is 4.25. The predicted molar refractivity (Wildman–Crippen MR) is 73.3 cm³/mol. The van der Waals surface area contributed by atoms with Crippen LogP contribution in [0.3, 0.4) is 0 Å². The summed E-state index contributed by atoms with van der Waals surface area (Å²) in [7, 11) is 1.38. The van der Waals surface area contributed by atoms with Crippen LogP contribution in [-0.2, 0) is 14.3 Å². The summed E-state index contributed by atoms with van der Waals surface area (Å²) in [6.07, 6.45) is -5.21. The zero-order valence-electron chi connectivity index (χ0n) is 11.5. The fraction of sp³-hybridized carbons (Fsp3) is 0.385. The van der Waals surface area contributed by atoms with Gasteiger partial charge in [-0.25, -0.2) is 0 Å². The first-order valence-electron chi connectivity index (χ1n) is 6.14. The van der Waals surface area contributed by atoms with Gasteiger partial charge in [-0.1, -0.05) is 29.8 Å². The van der Waals surface area contributed by atoms with Gasteiger partial charge in [-0.05, 0) is 6.07 Å². The third kappa shape index (κ3) is 5.90. The Labute approximate surface area is 129 Å². The van der Waals surface area contributed by atoms with Gasteiger partial charge < -0.3 is 15.4 Å². The molecule has 0 saturated heterocycles. The lowest BCUT2D eigenvalue weighted by Gasteiger charge is -2.17. The molecule has 0 aliphatic rings. The lowest BCUT2D eigenvalue weighted by Crippen LogP contribution is -2.44. The molecule has 0 aromatic heterocycles. The zero-order chi connectivity index (χ0) is 16.8. The molecule has 0 saturated carbocycles. The van der Waals surface area contributed by atoms with Crippen molar-refractivity contribution in [3.05, 3.63) is 34.9 Å². The number of halogens is 4. The molecule has 0 aliphatic heterocycles. The highest BCUT2D eigenvalue weighted by atomic mass is 35.5. The number of amides is 2. The van der Waals surface area contributed by atoms with Gasteiger partial charge in [-0.15, -0.1) is 0 Å². The highest BCUT2D eigenvalue weighted by Crippen LogP contribution is 2.24. The van der Waals surface area contributed by atoms with Crippen LogP contribution in [0.2, 0.25) is 5.02 Å². The molecule has 1 aromatic rings. The van der Waals surface area contributed by atoms with Crippen molar-refractivity contribution >= 4 is 23.4 Å². The van der Waals surface area contributed by atoms with Crippen LogP contribution < -0.4 is 10.6 Å². The third-order valence-corrected chi connectivity index (χ3v) is 2.98. The van der Waals surface area contributed by atoms with Gasteiger partial charge in [0.05, 0.1) is 0 Å². The Morgan fingerprint density at radius 3 is 2.36 bits per heavy atom. The highest BCUT2D eigenvalue weighted by molar-refractivity contribution is 6.35. The monoisotopic (exact) mass is 338 g/mol. The minimum absolute atomic E-state index is 0.113. The average Bonchev–Trinajstić information content (AvgIpc) is 2.46. The number of hydrogen-bond donors (Lipinski definition) is 2. The SMILES string of the molecule is COC(CNC(=O)C(=O)NCC(F)(F)F)c1ccccc1Cl. The minimum Gasteiger partial charge on any atom is -0.375 e. The largest absolute Gasteiger partial charge is 0.405 e. The van der Waals surface area contributed by atoms with Crippen LogP contribution in [0.15, 0.2) is 24.3 Å². The summed E-state index contributed by atoms with van der Waals surface area (Å²) in [5.41, 5.74) is 0.586. The molecule has 22 heavy (non-hydrogen) atoms. The minimum atomic E-state index is -4.58. The van der Waals surface area contributed by atoms with Crippen LogP contribution in [0.25, 0.3) is 0 Å². The molecule has 0 radical (unpaired) electrons. The van der Waals surface area contributed by atoms with E-state index in [2.05, 4.69) is 5.32 Å². The van der Waals surface area contributed by atoms with Gasteiger partial charge >= 0.3 is 18.0 Å². The Bertz CT molecular complexity index is 538. The predicted octanol–water partition coefficient (Wildman–Crippen LogP) is 1.82. The maximum atomic E-state index is 11.9. The normalized spacial score (nSPS) is 12.6. The molecular formula is C13H14ClF3N2O3. The van der Waals surface area contributed by atoms with E-state index in [0.29, 0.717) is 10.6 Å². The van der Waals surface area contributed by atoms with Crippen molar-refractivity contribution in [2.75, 3.05) is 20.2 Å². The molecule has 122 valence electrons. The van der Waals surface area contributed by atoms with Crippen molar-refractivity contribution in [2.45, 2.75) is 12.3 Å². The number of ether oxygens (including phenoxy) is 1. The van der Waals surface area contributed by atoms with Crippen LogP contribution in [-0.4, -0.2) is 38.2 Å². The smallest absolute Gasteiger partial charge is 0.375 e. The van der Waals surface area contributed by atoms with Crippen molar-refractivity contribution in [2.24, 2.45) is 0 Å². The van der Waals surface area contributed by atoms with E-state index in [4.69, 9.17) is 16.3 Å². The molecule has 0 heterocycles. The first-order valence-corrected chi connectivity index (χ1v) is 6.52. The Morgan fingerprint density at radius 2 is 1.82 bits per heavy atom. The molecule has 1 unspecified atom stereocenters. The fourth-order valence-corrected chi connectivity index (χ4v) is 1.84. The van der Waals surface area contributed by atoms with Gasteiger partial charge in [0.15, 0.2) is 0 Å². The molecule has 0 aliphatic carbocycles. The van der Waals surface area contributed by atoms with Crippen LogP contribution in [0, 0.1) is 0 Å². The van der Waals surface area contributed by atoms with Crippen molar-refractivity contribution in [1.29, 1.82) is 0 Å². The maximum absolute atomic E-state index is 11.9. The van der Waals surface area contributed by atoms with Crippen molar-refractivity contribution in [1.82, 2.24) is 10.6 Å². The van der Waals surface area contributed by atoms with Crippen molar-refractivity contribution in [3.8, 4) is 0 Å². The molecule has 0 fully saturated rings. The average molecular weight is 339 g/mol. The topological polar surface area (TPSA) is 67.4 Å². The Hall–Kier alpha value is -1.80. The van der Waals surface area contributed by atoms with Gasteiger partial charge in [-0.2, -0.15) is 13.2 Å². The van der Waals surface area contributed by atoms with E-state index in [1.807, 2.05) is 0 Å². The molecule has 0 bridgehead atoms. The number of benzene rings is 1. The summed E-state index contributed by atoms with van der Waals surface area (Å²) in [6.45, 7) is -1.68. The van der Waals surface area contributed by atoms with Crippen molar-refractivity contribution in [3.63, 3.8) is 0 Å². The summed E-state index contributed by atoms with van der Waals surface area (Å²) in [4.78, 5) is 22.6. The summed E-state index contributed by atoms with van der Waals surface area (Å²) >= 11 is 5.98. The van der Waals surface area contributed by atoms with Gasteiger partial charge in [0.25, 0.3) is 0 Å². The Morgan fingerprint density at radius 1 is 1.23 bits per heavy atom. The first-order chi connectivity index (χ1) is 10.2. The fourth-order valence-electron chi connectivity index (χ4n) is 1.58. The molecule has 2 N–H and O–H groups in total. The van der Waals surface area contributed by atoms with E-state index in [1.54, 1.807) is 24.3 Å². The molecule has 1 rings (SSSR count). The second kappa shape index (κ2) is 8.00. The van der Waals surface area contributed by atoms with Gasteiger partial charge in [0.1, 0.15) is 12.6 Å². The van der Waals surface area contributed by atoms with Crippen LogP contribution in [0.4, 0.5) is 13.2 Å². The Kier molecular flexibility index (Phi) is 6.63. The van der Waals surface area contributed by atoms with Crippen LogP contribution >= 0.6 is 11.6 Å². The molecule has 9 heteroatoms. The summed E-state index contributed by atoms with van der Waals surface area (Å²) in [6, 6.07) is 6.72. The van der Waals surface area contributed by atoms with Gasteiger partial charge in [0.2, 0.25) is 0 Å². The number of nitrogens with one attached hydrogen (secondary N) is 2. The standard InChI is InChI=1S/C13H14ClF3N2O3/c1-22-10(8-4-2-3-5-9(8)14)6-18-11(20)12(21)19-7-13(15,16)17/h2-5,10H,6-7H2,1H3,(H,18,20)(H,19,21). The lowest BCUT2D eigenvalue weighted by atomic mass is 10.1. The third-order valence-electron chi connectivity index (χ3n) is 2.64. The number of carbonyl (C=O) groups excluding carboxylic acids is 2. The van der Waals surface area contributed by atoms with E-state index in [1.165, 1.54) is 12.4 Å². The van der Waals surface area contributed by atoms with Gasteiger partial charge in [0, 0.05) is 24.2 Å². The van der Waals surface area contributed by atoms with Crippen LogP contribution in [0.5, 0.6) is 0 Å². The van der Waals surface area contributed by atoms with Gasteiger partial charge in [-0.3, -0.25) is 9.59 Å². The molecule has 0 spiro atoms. The van der Waals surface area contributed by atoms with E-state index in [0.717, 1.165) is 0 Å². The second-order valence-corrected chi connectivity index (χ2v) is 4.66. The highest BCUT2D eigenvalue weighted by Gasteiger charge is 2.29. The quantitative estimate of drug-likeness (QED) is 0.805. The summed E-state index contributed by atoms with van der Waals surface area (Å²) in [5, 5.41) is 4.07. The van der Waals surface area contributed by atoms with E-state index in [9.17, 15) is 22.8 Å². The first kappa shape index (κ1) is 18.2. The maximum Gasteiger partial charge on any atom is 0.405 e. The van der Waals surface area contributed by atoms with Crippen LogP contribution in [0.1, 0.15) is 11.7 Å². The number of methoxy groups -OCH3 is 1. The number of carbonyl (C=O) groups is 2. The Balaban J connectivity index is 2.55. The lowest BCUT2D eigenvalue weighted by molar-refractivity contribution is -0.146. The molecule has 5 nitrogen and oxygen atoms in total. The van der Waals surface area contributed by atoms with E-state index >= 15 is 0 Å². The molecule has 2 amide bonds. The van der Waals surface area contributed by atoms with E-state index in [-0.39, 0.29) is 6.54 Å². The van der Waals surface area contributed by atoms with E-state index < -0.39 is 30.6 Å². The molecule has 1 aromatic carbocycles. The number of hydrogen-bond acceptors (Lipinski definition) is 3. The zero-order valence-corrected chi connectivity index (χ0v) is 12.3. The summed E-state index contributed by atoms with van der Waals surface area (Å²) in [5.74, 6) is -2.55. The van der Waals surface area contributed by atoms with Crippen molar-refractivity contribution < 1.29 is 27.5 Å².